The molecule has 0 radical (unpaired) electrons. The van der Waals surface area contributed by atoms with E-state index in [4.69, 9.17) is 33.1 Å². The summed E-state index contributed by atoms with van der Waals surface area (Å²) in [6.45, 7) is 3.63. The molecule has 0 aliphatic rings. The van der Waals surface area contributed by atoms with Gasteiger partial charge in [-0.05, 0) is 12.1 Å². The van der Waals surface area contributed by atoms with Crippen LogP contribution in [-0.2, 0) is 4.18 Å². The minimum absolute atomic E-state index is 0.0233. The zero-order chi connectivity index (χ0) is 11.4. The topological polar surface area (TPSA) is 35.2 Å². The SMILES string of the molecule is C=C(Cl)COSc1cc(N)c(F)cc1Cl. The third-order valence-electron chi connectivity index (χ3n) is 1.42. The molecule has 0 bridgehead atoms. The first-order chi connectivity index (χ1) is 7.00. The highest BCUT2D eigenvalue weighted by molar-refractivity contribution is 7.94. The summed E-state index contributed by atoms with van der Waals surface area (Å²) in [5, 5.41) is 0.612. The Hall–Kier alpha value is -0.420. The van der Waals surface area contributed by atoms with Gasteiger partial charge < -0.3 is 9.92 Å². The van der Waals surface area contributed by atoms with E-state index in [-0.39, 0.29) is 17.3 Å². The Bertz CT molecular complexity index is 387. The van der Waals surface area contributed by atoms with Crippen molar-refractivity contribution in [3.05, 3.63) is 34.6 Å². The van der Waals surface area contributed by atoms with Gasteiger partial charge >= 0.3 is 0 Å². The zero-order valence-electron chi connectivity index (χ0n) is 7.60. The first kappa shape index (κ1) is 12.6. The molecule has 2 N–H and O–H groups in total. The monoisotopic (exact) mass is 267 g/mol. The lowest BCUT2D eigenvalue weighted by Crippen LogP contribution is -1.92. The van der Waals surface area contributed by atoms with E-state index in [0.717, 1.165) is 18.1 Å². The summed E-state index contributed by atoms with van der Waals surface area (Å²) in [4.78, 5) is 0.536. The van der Waals surface area contributed by atoms with Crippen LogP contribution < -0.4 is 5.73 Å². The Labute approximate surface area is 101 Å². The molecule has 2 nitrogen and oxygen atoms in total. The number of halogens is 3. The van der Waals surface area contributed by atoms with Gasteiger partial charge in [0.15, 0.2) is 0 Å². The van der Waals surface area contributed by atoms with Crippen LogP contribution in [0.15, 0.2) is 28.6 Å². The molecule has 0 amide bonds. The molecule has 0 aromatic heterocycles. The highest BCUT2D eigenvalue weighted by Crippen LogP contribution is 2.31. The molecule has 0 aliphatic carbocycles. The van der Waals surface area contributed by atoms with Gasteiger partial charge in [-0.2, -0.15) is 0 Å². The van der Waals surface area contributed by atoms with Gasteiger partial charge in [-0.3, -0.25) is 0 Å². The average molecular weight is 268 g/mol. The fraction of sp³-hybridized carbons (Fsp3) is 0.111. The van der Waals surface area contributed by atoms with Gasteiger partial charge in [-0.15, -0.1) is 0 Å². The summed E-state index contributed by atoms with van der Waals surface area (Å²) in [7, 11) is 0. The normalized spacial score (nSPS) is 10.3. The van der Waals surface area contributed by atoms with Crippen LogP contribution in [0.3, 0.4) is 0 Å². The summed E-state index contributed by atoms with van der Waals surface area (Å²) in [5.41, 5.74) is 5.40. The van der Waals surface area contributed by atoms with Gasteiger partial charge in [-0.25, -0.2) is 4.39 Å². The van der Waals surface area contributed by atoms with Crippen LogP contribution in [0.5, 0.6) is 0 Å². The van der Waals surface area contributed by atoms with Crippen LogP contribution in [0.2, 0.25) is 5.02 Å². The van der Waals surface area contributed by atoms with E-state index in [2.05, 4.69) is 6.58 Å². The van der Waals surface area contributed by atoms with Crippen molar-refractivity contribution in [1.29, 1.82) is 0 Å². The van der Waals surface area contributed by atoms with Gasteiger partial charge in [0.05, 0.1) is 22.2 Å². The third kappa shape index (κ3) is 3.91. The van der Waals surface area contributed by atoms with E-state index in [0.29, 0.717) is 9.93 Å². The molecule has 82 valence electrons. The van der Waals surface area contributed by atoms with Crippen molar-refractivity contribution in [3.8, 4) is 0 Å². The Morgan fingerprint density at radius 3 is 2.87 bits per heavy atom. The van der Waals surface area contributed by atoms with Crippen LogP contribution >= 0.6 is 35.2 Å². The maximum Gasteiger partial charge on any atom is 0.147 e. The first-order valence-electron chi connectivity index (χ1n) is 3.88. The maximum absolute atomic E-state index is 12.9. The third-order valence-corrected chi connectivity index (χ3v) is 2.70. The molecular formula is C9H8Cl2FNOS. The number of benzene rings is 1. The highest BCUT2D eigenvalue weighted by atomic mass is 35.5. The number of anilines is 1. The predicted molar refractivity (Wildman–Crippen MR) is 62.6 cm³/mol. The summed E-state index contributed by atoms with van der Waals surface area (Å²) in [5.74, 6) is -0.550. The summed E-state index contributed by atoms with van der Waals surface area (Å²) in [6.07, 6.45) is 0. The fourth-order valence-electron chi connectivity index (χ4n) is 0.766. The van der Waals surface area contributed by atoms with Crippen LogP contribution in [0.1, 0.15) is 0 Å². The standard InChI is InChI=1S/C9H8Cl2FNOS/c1-5(10)4-14-15-9-3-8(13)7(12)2-6(9)11/h2-3H,1,4,13H2. The molecule has 1 aromatic rings. The molecule has 1 aromatic carbocycles. The zero-order valence-corrected chi connectivity index (χ0v) is 9.93. The Morgan fingerprint density at radius 1 is 1.60 bits per heavy atom. The predicted octanol–water partition coefficient (Wildman–Crippen LogP) is 3.84. The van der Waals surface area contributed by atoms with Crippen molar-refractivity contribution < 1.29 is 8.57 Å². The molecule has 0 fully saturated rings. The second-order valence-corrected chi connectivity index (χ2v) is 4.45. The largest absolute Gasteiger partial charge is 0.396 e. The highest BCUT2D eigenvalue weighted by Gasteiger charge is 2.07. The average Bonchev–Trinajstić information content (AvgIpc) is 2.13. The van der Waals surface area contributed by atoms with Crippen molar-refractivity contribution in [1.82, 2.24) is 0 Å². The number of nitrogen functional groups attached to an aromatic ring is 1. The summed E-state index contributed by atoms with van der Waals surface area (Å²) >= 11 is 12.2. The molecule has 15 heavy (non-hydrogen) atoms. The molecule has 6 heteroatoms. The Kier molecular flexibility index (Phi) is 4.73. The van der Waals surface area contributed by atoms with E-state index in [1.807, 2.05) is 0 Å². The summed E-state index contributed by atoms with van der Waals surface area (Å²) in [6, 6.07) is 2.54. The van der Waals surface area contributed by atoms with E-state index >= 15 is 0 Å². The number of rotatable bonds is 4. The Balaban J connectivity index is 2.69. The molecule has 0 spiro atoms. The maximum atomic E-state index is 12.9. The number of hydrogen-bond acceptors (Lipinski definition) is 3. The van der Waals surface area contributed by atoms with Crippen molar-refractivity contribution in [2.75, 3.05) is 12.3 Å². The van der Waals surface area contributed by atoms with Crippen molar-refractivity contribution in [2.45, 2.75) is 4.90 Å². The van der Waals surface area contributed by atoms with E-state index < -0.39 is 5.82 Å². The lowest BCUT2D eigenvalue weighted by Gasteiger charge is -2.05. The van der Waals surface area contributed by atoms with E-state index in [1.54, 1.807) is 0 Å². The first-order valence-corrected chi connectivity index (χ1v) is 5.37. The van der Waals surface area contributed by atoms with Gasteiger partial charge in [-0.1, -0.05) is 29.8 Å². The molecule has 0 aliphatic heterocycles. The number of hydrogen-bond donors (Lipinski definition) is 1. The smallest absolute Gasteiger partial charge is 0.147 e. The molecule has 0 heterocycles. The van der Waals surface area contributed by atoms with E-state index in [9.17, 15) is 4.39 Å². The molecule has 0 saturated heterocycles. The fourth-order valence-corrected chi connectivity index (χ4v) is 1.77. The number of nitrogens with two attached hydrogens (primary N) is 1. The minimum Gasteiger partial charge on any atom is -0.396 e. The van der Waals surface area contributed by atoms with Crippen LogP contribution in [0.25, 0.3) is 0 Å². The van der Waals surface area contributed by atoms with Crippen LogP contribution in [-0.4, -0.2) is 6.61 Å². The van der Waals surface area contributed by atoms with Crippen molar-refractivity contribution in [3.63, 3.8) is 0 Å². The van der Waals surface area contributed by atoms with E-state index in [1.165, 1.54) is 6.07 Å². The lowest BCUT2D eigenvalue weighted by molar-refractivity contribution is 0.425. The molecule has 1 rings (SSSR count). The van der Waals surface area contributed by atoms with Gasteiger partial charge in [0, 0.05) is 17.1 Å². The molecule has 0 atom stereocenters. The lowest BCUT2D eigenvalue weighted by atomic mass is 10.3. The van der Waals surface area contributed by atoms with Crippen molar-refractivity contribution in [2.24, 2.45) is 0 Å². The molecule has 0 unspecified atom stereocenters. The van der Waals surface area contributed by atoms with Gasteiger partial charge in [0.2, 0.25) is 0 Å². The molecule has 0 saturated carbocycles. The second-order valence-electron chi connectivity index (χ2n) is 2.67. The quantitative estimate of drug-likeness (QED) is 0.665. The summed E-state index contributed by atoms with van der Waals surface area (Å²) < 4.78 is 18.0. The minimum atomic E-state index is -0.550. The van der Waals surface area contributed by atoms with Gasteiger partial charge in [0.1, 0.15) is 5.82 Å². The van der Waals surface area contributed by atoms with Crippen LogP contribution in [0, 0.1) is 5.82 Å². The molecular weight excluding hydrogens is 260 g/mol. The van der Waals surface area contributed by atoms with Crippen molar-refractivity contribution >= 4 is 40.9 Å². The second kappa shape index (κ2) is 5.61. The van der Waals surface area contributed by atoms with Crippen LogP contribution in [0.4, 0.5) is 10.1 Å². The van der Waals surface area contributed by atoms with Gasteiger partial charge in [0.25, 0.3) is 0 Å². The Morgan fingerprint density at radius 2 is 2.27 bits per heavy atom.